The molecule has 0 amide bonds. The first-order valence-electron chi connectivity index (χ1n) is 7.79. The van der Waals surface area contributed by atoms with Crippen molar-refractivity contribution in [1.82, 2.24) is 9.78 Å². The Bertz CT molecular complexity index is 798. The molecule has 0 radical (unpaired) electrons. The van der Waals surface area contributed by atoms with Crippen LogP contribution >= 0.6 is 0 Å². The predicted molar refractivity (Wildman–Crippen MR) is 82.2 cm³/mol. The molecule has 0 saturated heterocycles. The first kappa shape index (κ1) is 15.5. The molecule has 1 fully saturated rings. The summed E-state index contributed by atoms with van der Waals surface area (Å²) in [5, 5.41) is 23.3. The lowest BCUT2D eigenvalue weighted by Gasteiger charge is -2.26. The van der Waals surface area contributed by atoms with Gasteiger partial charge in [0.2, 0.25) is 0 Å². The summed E-state index contributed by atoms with van der Waals surface area (Å²) in [4.78, 5) is 11.0. The maximum atomic E-state index is 13.8. The molecule has 1 aromatic heterocycles. The minimum atomic E-state index is -0.710. The molecule has 120 valence electrons. The third-order valence-corrected chi connectivity index (χ3v) is 4.77. The summed E-state index contributed by atoms with van der Waals surface area (Å²) in [5.74, 6) is -1.10. The van der Waals surface area contributed by atoms with Crippen LogP contribution in [0.3, 0.4) is 0 Å². The molecule has 1 aromatic carbocycles. The molecule has 1 saturated carbocycles. The fraction of sp³-hybridized carbons (Fsp3) is 0.471. The van der Waals surface area contributed by atoms with E-state index in [0.717, 1.165) is 29.4 Å². The van der Waals surface area contributed by atoms with Gasteiger partial charge < -0.3 is 5.11 Å². The summed E-state index contributed by atoms with van der Waals surface area (Å²) in [5.41, 5.74) is 1.52. The van der Waals surface area contributed by atoms with Gasteiger partial charge in [0.15, 0.2) is 0 Å². The van der Waals surface area contributed by atoms with Gasteiger partial charge in [0, 0.05) is 11.9 Å². The summed E-state index contributed by atoms with van der Waals surface area (Å²) in [6.07, 6.45) is 3.08. The van der Waals surface area contributed by atoms with Gasteiger partial charge >= 0.3 is 5.97 Å². The van der Waals surface area contributed by atoms with Gasteiger partial charge in [-0.05, 0) is 50.7 Å². The van der Waals surface area contributed by atoms with Gasteiger partial charge in [0.1, 0.15) is 11.9 Å². The Morgan fingerprint density at radius 3 is 2.74 bits per heavy atom. The lowest BCUT2D eigenvalue weighted by atomic mass is 9.82. The molecule has 5 nitrogen and oxygen atoms in total. The van der Waals surface area contributed by atoms with Crippen molar-refractivity contribution in [1.29, 1.82) is 5.26 Å². The van der Waals surface area contributed by atoms with Gasteiger partial charge in [0.25, 0.3) is 0 Å². The highest BCUT2D eigenvalue weighted by Crippen LogP contribution is 2.31. The monoisotopic (exact) mass is 315 g/mol. The highest BCUT2D eigenvalue weighted by atomic mass is 19.1. The molecule has 1 aliphatic carbocycles. The Morgan fingerprint density at radius 1 is 1.43 bits per heavy atom. The maximum Gasteiger partial charge on any atom is 0.306 e. The number of hydrogen-bond donors (Lipinski definition) is 1. The molecule has 6 heteroatoms. The van der Waals surface area contributed by atoms with Gasteiger partial charge in [-0.1, -0.05) is 0 Å². The van der Waals surface area contributed by atoms with E-state index >= 15 is 0 Å². The van der Waals surface area contributed by atoms with Crippen molar-refractivity contribution >= 4 is 16.9 Å². The number of rotatable bonds is 3. The quantitative estimate of drug-likeness (QED) is 0.943. The van der Waals surface area contributed by atoms with E-state index < -0.39 is 11.8 Å². The standard InChI is InChI=1S/C17H18FN3O2/c1-10-14-7-15(18)13(8-19)6-16(14)21(20-10)9-11-2-4-12(5-3-11)17(22)23/h6-7,11-12H,2-5,9H2,1H3,(H,22,23). The molecule has 0 unspecified atom stereocenters. The molecule has 23 heavy (non-hydrogen) atoms. The molecule has 3 rings (SSSR count). The third kappa shape index (κ3) is 2.91. The number of aryl methyl sites for hydroxylation is 1. The number of carboxylic acid groups (broad SMARTS) is 1. The molecule has 0 atom stereocenters. The van der Waals surface area contributed by atoms with Crippen LogP contribution in [0.15, 0.2) is 12.1 Å². The van der Waals surface area contributed by atoms with Crippen molar-refractivity contribution in [3.05, 3.63) is 29.2 Å². The zero-order valence-electron chi connectivity index (χ0n) is 12.9. The van der Waals surface area contributed by atoms with Crippen molar-refractivity contribution in [2.24, 2.45) is 11.8 Å². The van der Waals surface area contributed by atoms with Crippen molar-refractivity contribution in [2.75, 3.05) is 0 Å². The van der Waals surface area contributed by atoms with E-state index in [9.17, 15) is 9.18 Å². The number of hydrogen-bond acceptors (Lipinski definition) is 3. The SMILES string of the molecule is Cc1nn(CC2CCC(C(=O)O)CC2)c2cc(C#N)c(F)cc12. The first-order chi connectivity index (χ1) is 11.0. The van der Waals surface area contributed by atoms with Crippen LogP contribution in [0.4, 0.5) is 4.39 Å². The van der Waals surface area contributed by atoms with Gasteiger partial charge in [-0.15, -0.1) is 0 Å². The van der Waals surface area contributed by atoms with E-state index in [1.54, 1.807) is 6.07 Å². The summed E-state index contributed by atoms with van der Waals surface area (Å²) in [7, 11) is 0. The molecule has 0 spiro atoms. The number of aliphatic carboxylic acids is 1. The fourth-order valence-corrected chi connectivity index (χ4v) is 3.42. The van der Waals surface area contributed by atoms with Crippen molar-refractivity contribution in [3.63, 3.8) is 0 Å². The zero-order valence-corrected chi connectivity index (χ0v) is 12.9. The number of carboxylic acids is 1. The fourth-order valence-electron chi connectivity index (χ4n) is 3.42. The van der Waals surface area contributed by atoms with Crippen LogP contribution < -0.4 is 0 Å². The molecule has 2 aromatic rings. The first-order valence-corrected chi connectivity index (χ1v) is 7.79. The van der Waals surface area contributed by atoms with E-state index in [1.807, 2.05) is 17.7 Å². The van der Waals surface area contributed by atoms with Crippen LogP contribution in [-0.2, 0) is 11.3 Å². The number of fused-ring (bicyclic) bond motifs is 1. The molecular weight excluding hydrogens is 297 g/mol. The number of nitriles is 1. The molecule has 1 heterocycles. The van der Waals surface area contributed by atoms with E-state index in [1.165, 1.54) is 6.07 Å². The Labute approximate surface area is 133 Å². The van der Waals surface area contributed by atoms with E-state index in [2.05, 4.69) is 5.10 Å². The smallest absolute Gasteiger partial charge is 0.306 e. The second-order valence-electron chi connectivity index (χ2n) is 6.28. The van der Waals surface area contributed by atoms with Crippen LogP contribution in [0.25, 0.3) is 10.9 Å². The topological polar surface area (TPSA) is 78.9 Å². The van der Waals surface area contributed by atoms with Crippen LogP contribution in [-0.4, -0.2) is 20.9 Å². The summed E-state index contributed by atoms with van der Waals surface area (Å²) >= 11 is 0. The predicted octanol–water partition coefficient (Wildman–Crippen LogP) is 3.25. The normalized spacial score (nSPS) is 21.3. The highest BCUT2D eigenvalue weighted by molar-refractivity contribution is 5.83. The average Bonchev–Trinajstić information content (AvgIpc) is 2.82. The van der Waals surface area contributed by atoms with Crippen molar-refractivity contribution < 1.29 is 14.3 Å². The van der Waals surface area contributed by atoms with Crippen LogP contribution in [0, 0.1) is 35.9 Å². The number of halogens is 1. The Kier molecular flexibility index (Phi) is 4.03. The number of aromatic nitrogens is 2. The van der Waals surface area contributed by atoms with Crippen molar-refractivity contribution in [3.8, 4) is 6.07 Å². The Hall–Kier alpha value is -2.42. The maximum absolute atomic E-state index is 13.8. The minimum absolute atomic E-state index is 0.0215. The second-order valence-corrected chi connectivity index (χ2v) is 6.28. The van der Waals surface area contributed by atoms with E-state index in [-0.39, 0.29) is 11.5 Å². The van der Waals surface area contributed by atoms with Gasteiger partial charge in [-0.3, -0.25) is 9.48 Å². The Morgan fingerprint density at radius 2 is 2.13 bits per heavy atom. The van der Waals surface area contributed by atoms with Gasteiger partial charge in [-0.25, -0.2) is 4.39 Å². The lowest BCUT2D eigenvalue weighted by Crippen LogP contribution is -2.24. The second kappa shape index (κ2) is 5.99. The van der Waals surface area contributed by atoms with Crippen molar-refractivity contribution in [2.45, 2.75) is 39.2 Å². The largest absolute Gasteiger partial charge is 0.481 e. The number of benzene rings is 1. The van der Waals surface area contributed by atoms with E-state index in [4.69, 9.17) is 10.4 Å². The third-order valence-electron chi connectivity index (χ3n) is 4.77. The highest BCUT2D eigenvalue weighted by Gasteiger charge is 2.26. The summed E-state index contributed by atoms with van der Waals surface area (Å²) in [6, 6.07) is 4.78. The minimum Gasteiger partial charge on any atom is -0.481 e. The molecular formula is C17H18FN3O2. The lowest BCUT2D eigenvalue weighted by molar-refractivity contribution is -0.143. The Balaban J connectivity index is 1.84. The molecule has 1 aliphatic rings. The van der Waals surface area contributed by atoms with Crippen LogP contribution in [0.5, 0.6) is 0 Å². The average molecular weight is 315 g/mol. The van der Waals surface area contributed by atoms with Gasteiger partial charge in [-0.2, -0.15) is 10.4 Å². The molecule has 0 aliphatic heterocycles. The molecule has 1 N–H and O–H groups in total. The van der Waals surface area contributed by atoms with Crippen LogP contribution in [0.2, 0.25) is 0 Å². The van der Waals surface area contributed by atoms with E-state index in [0.29, 0.717) is 25.3 Å². The number of carbonyl (C=O) groups is 1. The summed E-state index contributed by atoms with van der Waals surface area (Å²) in [6.45, 7) is 2.50. The zero-order chi connectivity index (χ0) is 16.6. The summed E-state index contributed by atoms with van der Waals surface area (Å²) < 4.78 is 15.6. The molecule has 0 bridgehead atoms. The van der Waals surface area contributed by atoms with Crippen LogP contribution in [0.1, 0.15) is 36.9 Å². The number of nitrogens with zero attached hydrogens (tertiary/aromatic N) is 3. The van der Waals surface area contributed by atoms with Gasteiger partial charge in [0.05, 0.1) is 22.7 Å².